The van der Waals surface area contributed by atoms with Gasteiger partial charge < -0.3 is 5.73 Å². The molecular formula is C12H18FNS. The highest BCUT2D eigenvalue weighted by molar-refractivity contribution is 7.98. The van der Waals surface area contributed by atoms with E-state index < -0.39 is 0 Å². The summed E-state index contributed by atoms with van der Waals surface area (Å²) in [6.07, 6.45) is 4.28. The molecule has 0 bridgehead atoms. The second-order valence-corrected chi connectivity index (χ2v) is 4.61. The summed E-state index contributed by atoms with van der Waals surface area (Å²) in [6.45, 7) is 0.595. The van der Waals surface area contributed by atoms with Crippen LogP contribution in [0.25, 0.3) is 0 Å². The third kappa shape index (κ3) is 4.22. The van der Waals surface area contributed by atoms with Crippen LogP contribution in [0.4, 0.5) is 4.39 Å². The maximum Gasteiger partial charge on any atom is 0.123 e. The predicted octanol–water partition coefficient (Wildman–Crippen LogP) is 3.01. The fourth-order valence-electron chi connectivity index (χ4n) is 1.66. The van der Waals surface area contributed by atoms with Gasteiger partial charge in [0.25, 0.3) is 0 Å². The number of rotatable bonds is 6. The van der Waals surface area contributed by atoms with Gasteiger partial charge in [-0.2, -0.15) is 11.8 Å². The molecule has 1 atom stereocenters. The average molecular weight is 227 g/mol. The van der Waals surface area contributed by atoms with Crippen LogP contribution in [0, 0.1) is 5.82 Å². The standard InChI is InChI=1S/C12H18FNS/c1-15-7-3-5-11(9-14)10-4-2-6-12(13)8-10/h2,4,6,8,11H,3,5,7,9,14H2,1H3. The average Bonchev–Trinajstić information content (AvgIpc) is 2.24. The Morgan fingerprint density at radius 2 is 2.27 bits per heavy atom. The molecule has 0 saturated carbocycles. The van der Waals surface area contributed by atoms with Crippen LogP contribution >= 0.6 is 11.8 Å². The summed E-state index contributed by atoms with van der Waals surface area (Å²) in [5, 5.41) is 0. The van der Waals surface area contributed by atoms with Crippen molar-refractivity contribution < 1.29 is 4.39 Å². The number of halogens is 1. The van der Waals surface area contributed by atoms with Gasteiger partial charge in [0.05, 0.1) is 0 Å². The Morgan fingerprint density at radius 1 is 1.47 bits per heavy atom. The first kappa shape index (κ1) is 12.5. The van der Waals surface area contributed by atoms with Gasteiger partial charge in [0.2, 0.25) is 0 Å². The van der Waals surface area contributed by atoms with Crippen molar-refractivity contribution in [3.05, 3.63) is 35.6 Å². The smallest absolute Gasteiger partial charge is 0.123 e. The van der Waals surface area contributed by atoms with E-state index in [1.54, 1.807) is 12.1 Å². The zero-order chi connectivity index (χ0) is 11.1. The van der Waals surface area contributed by atoms with Crippen molar-refractivity contribution in [3.8, 4) is 0 Å². The number of hydrogen-bond acceptors (Lipinski definition) is 2. The minimum Gasteiger partial charge on any atom is -0.330 e. The van der Waals surface area contributed by atoms with E-state index in [-0.39, 0.29) is 5.82 Å². The molecule has 3 heteroatoms. The Bertz CT molecular complexity index is 291. The fourth-order valence-corrected chi connectivity index (χ4v) is 2.11. The Morgan fingerprint density at radius 3 is 2.87 bits per heavy atom. The van der Waals surface area contributed by atoms with Gasteiger partial charge in [-0.25, -0.2) is 4.39 Å². The molecule has 1 aromatic rings. The Labute approximate surface area is 95.2 Å². The Hall–Kier alpha value is -0.540. The van der Waals surface area contributed by atoms with E-state index in [9.17, 15) is 4.39 Å². The van der Waals surface area contributed by atoms with Gasteiger partial charge >= 0.3 is 0 Å². The van der Waals surface area contributed by atoms with E-state index in [1.165, 1.54) is 6.07 Å². The highest BCUT2D eigenvalue weighted by Crippen LogP contribution is 2.21. The summed E-state index contributed by atoms with van der Waals surface area (Å²) in [5.41, 5.74) is 6.73. The van der Waals surface area contributed by atoms with Crippen LogP contribution in [0.3, 0.4) is 0 Å². The molecule has 0 aliphatic carbocycles. The molecule has 15 heavy (non-hydrogen) atoms. The zero-order valence-corrected chi connectivity index (χ0v) is 9.90. The minimum absolute atomic E-state index is 0.171. The summed E-state index contributed by atoms with van der Waals surface area (Å²) in [4.78, 5) is 0. The molecule has 1 aromatic carbocycles. The largest absolute Gasteiger partial charge is 0.330 e. The van der Waals surface area contributed by atoms with Gasteiger partial charge in [-0.1, -0.05) is 12.1 Å². The van der Waals surface area contributed by atoms with Crippen molar-refractivity contribution in [2.24, 2.45) is 5.73 Å². The van der Waals surface area contributed by atoms with Gasteiger partial charge in [0.15, 0.2) is 0 Å². The summed E-state index contributed by atoms with van der Waals surface area (Å²) >= 11 is 1.84. The van der Waals surface area contributed by atoms with Gasteiger partial charge in [-0.3, -0.25) is 0 Å². The lowest BCUT2D eigenvalue weighted by atomic mass is 9.95. The van der Waals surface area contributed by atoms with Crippen molar-refractivity contribution in [3.63, 3.8) is 0 Å². The fraction of sp³-hybridized carbons (Fsp3) is 0.500. The normalized spacial score (nSPS) is 12.7. The lowest BCUT2D eigenvalue weighted by molar-refractivity contribution is 0.600. The third-order valence-corrected chi connectivity index (χ3v) is 3.20. The van der Waals surface area contributed by atoms with E-state index in [4.69, 9.17) is 5.73 Å². The van der Waals surface area contributed by atoms with Crippen molar-refractivity contribution >= 4 is 11.8 Å². The highest BCUT2D eigenvalue weighted by Gasteiger charge is 2.09. The van der Waals surface area contributed by atoms with Crippen LogP contribution in [-0.4, -0.2) is 18.6 Å². The van der Waals surface area contributed by atoms with Gasteiger partial charge in [-0.05, 0) is 55.0 Å². The molecule has 2 N–H and O–H groups in total. The lowest BCUT2D eigenvalue weighted by Crippen LogP contribution is -2.13. The number of benzene rings is 1. The summed E-state index contributed by atoms with van der Waals surface area (Å²) in [7, 11) is 0. The first-order valence-corrected chi connectivity index (χ1v) is 6.61. The van der Waals surface area contributed by atoms with Gasteiger partial charge in [0.1, 0.15) is 5.82 Å². The predicted molar refractivity (Wildman–Crippen MR) is 65.8 cm³/mol. The molecular weight excluding hydrogens is 209 g/mol. The quantitative estimate of drug-likeness (QED) is 0.756. The van der Waals surface area contributed by atoms with E-state index in [0.29, 0.717) is 12.5 Å². The molecule has 0 radical (unpaired) electrons. The maximum atomic E-state index is 13.0. The molecule has 0 amide bonds. The SMILES string of the molecule is CSCCCC(CN)c1cccc(F)c1. The zero-order valence-electron chi connectivity index (χ0n) is 9.08. The van der Waals surface area contributed by atoms with Crippen molar-refractivity contribution in [2.75, 3.05) is 18.6 Å². The van der Waals surface area contributed by atoms with Crippen molar-refractivity contribution in [1.29, 1.82) is 0 Å². The van der Waals surface area contributed by atoms with Crippen LogP contribution in [0.5, 0.6) is 0 Å². The highest BCUT2D eigenvalue weighted by atomic mass is 32.2. The number of thioether (sulfide) groups is 1. The molecule has 0 heterocycles. The summed E-state index contributed by atoms with van der Waals surface area (Å²) in [5.74, 6) is 1.27. The topological polar surface area (TPSA) is 26.0 Å². The first-order valence-electron chi connectivity index (χ1n) is 5.22. The molecule has 1 nitrogen and oxygen atoms in total. The van der Waals surface area contributed by atoms with Crippen LogP contribution in [0.1, 0.15) is 24.3 Å². The molecule has 0 aliphatic heterocycles. The Kier molecular flexibility index (Phi) is 5.73. The monoisotopic (exact) mass is 227 g/mol. The molecule has 0 fully saturated rings. The molecule has 0 aliphatic rings. The second-order valence-electron chi connectivity index (χ2n) is 3.62. The van der Waals surface area contributed by atoms with Crippen LogP contribution in [0.15, 0.2) is 24.3 Å². The molecule has 0 aromatic heterocycles. The number of hydrogen-bond donors (Lipinski definition) is 1. The minimum atomic E-state index is -0.171. The number of nitrogens with two attached hydrogens (primary N) is 1. The molecule has 0 spiro atoms. The molecule has 84 valence electrons. The lowest BCUT2D eigenvalue weighted by Gasteiger charge is -2.14. The maximum absolute atomic E-state index is 13.0. The van der Waals surface area contributed by atoms with Crippen molar-refractivity contribution in [1.82, 2.24) is 0 Å². The van der Waals surface area contributed by atoms with E-state index >= 15 is 0 Å². The summed E-state index contributed by atoms with van der Waals surface area (Å²) < 4.78 is 13.0. The first-order chi connectivity index (χ1) is 7.27. The van der Waals surface area contributed by atoms with Gasteiger partial charge in [0, 0.05) is 0 Å². The third-order valence-electron chi connectivity index (χ3n) is 2.51. The molecule has 0 saturated heterocycles. The van der Waals surface area contributed by atoms with Crippen LogP contribution < -0.4 is 5.73 Å². The van der Waals surface area contributed by atoms with Crippen molar-refractivity contribution in [2.45, 2.75) is 18.8 Å². The van der Waals surface area contributed by atoms with E-state index in [0.717, 1.165) is 24.2 Å². The van der Waals surface area contributed by atoms with E-state index in [1.807, 2.05) is 17.8 Å². The van der Waals surface area contributed by atoms with Crippen LogP contribution in [-0.2, 0) is 0 Å². The van der Waals surface area contributed by atoms with Gasteiger partial charge in [-0.15, -0.1) is 0 Å². The molecule has 1 unspecified atom stereocenters. The van der Waals surface area contributed by atoms with Crippen LogP contribution in [0.2, 0.25) is 0 Å². The summed E-state index contributed by atoms with van der Waals surface area (Å²) in [6, 6.07) is 6.77. The Balaban J connectivity index is 2.57. The second kappa shape index (κ2) is 6.85. The van der Waals surface area contributed by atoms with E-state index in [2.05, 4.69) is 6.26 Å². The molecule has 1 rings (SSSR count).